The summed E-state index contributed by atoms with van der Waals surface area (Å²) in [5, 5.41) is 3.43. The van der Waals surface area contributed by atoms with Gasteiger partial charge in [0.05, 0.1) is 10.6 Å². The first-order chi connectivity index (χ1) is 18.6. The summed E-state index contributed by atoms with van der Waals surface area (Å²) in [6.07, 6.45) is 1.07. The third-order valence-electron chi connectivity index (χ3n) is 6.59. The topological polar surface area (TPSA) is 86.8 Å². The SMILES string of the molecule is CC[C@@H](C)NC(=O)[C@@H](CC)N(Cc1ccccc1Cl)C(=O)CN(c1cccc(C)c1)S(=O)(=O)c1ccccc1. The molecule has 0 aliphatic rings. The Kier molecular flexibility index (Phi) is 10.5. The molecule has 208 valence electrons. The average molecular weight is 570 g/mol. The van der Waals surface area contributed by atoms with Gasteiger partial charge in [0, 0.05) is 17.6 Å². The van der Waals surface area contributed by atoms with Crippen LogP contribution in [0.4, 0.5) is 5.69 Å². The summed E-state index contributed by atoms with van der Waals surface area (Å²) in [5.74, 6) is -0.803. The smallest absolute Gasteiger partial charge is 0.264 e. The van der Waals surface area contributed by atoms with E-state index in [1.165, 1.54) is 17.0 Å². The molecule has 0 saturated carbocycles. The number of carbonyl (C=O) groups is 2. The van der Waals surface area contributed by atoms with Crippen LogP contribution in [0.1, 0.15) is 44.7 Å². The summed E-state index contributed by atoms with van der Waals surface area (Å²) in [5.41, 5.74) is 1.87. The van der Waals surface area contributed by atoms with E-state index in [0.29, 0.717) is 22.7 Å². The van der Waals surface area contributed by atoms with Crippen LogP contribution in [0.25, 0.3) is 0 Å². The van der Waals surface area contributed by atoms with Gasteiger partial charge in [0.25, 0.3) is 10.0 Å². The van der Waals surface area contributed by atoms with Gasteiger partial charge < -0.3 is 10.2 Å². The van der Waals surface area contributed by atoms with Gasteiger partial charge in [-0.25, -0.2) is 8.42 Å². The number of benzene rings is 3. The lowest BCUT2D eigenvalue weighted by Crippen LogP contribution is -2.53. The minimum absolute atomic E-state index is 0.0536. The van der Waals surface area contributed by atoms with E-state index in [9.17, 15) is 18.0 Å². The first kappa shape index (κ1) is 30.2. The zero-order valence-corrected chi connectivity index (χ0v) is 24.4. The molecule has 0 aliphatic heterocycles. The van der Waals surface area contributed by atoms with Gasteiger partial charge in [0.2, 0.25) is 11.8 Å². The molecule has 0 spiro atoms. The van der Waals surface area contributed by atoms with Gasteiger partial charge in [-0.3, -0.25) is 13.9 Å². The number of halogens is 1. The van der Waals surface area contributed by atoms with Crippen LogP contribution in [0.3, 0.4) is 0 Å². The van der Waals surface area contributed by atoms with Gasteiger partial charge in [-0.1, -0.05) is 74.0 Å². The molecule has 2 atom stereocenters. The molecule has 1 N–H and O–H groups in total. The van der Waals surface area contributed by atoms with Crippen molar-refractivity contribution in [1.29, 1.82) is 0 Å². The Morgan fingerprint density at radius 3 is 2.21 bits per heavy atom. The molecule has 0 saturated heterocycles. The fourth-order valence-corrected chi connectivity index (χ4v) is 5.82. The molecule has 0 aromatic heterocycles. The van der Waals surface area contributed by atoms with Crippen LogP contribution < -0.4 is 9.62 Å². The second-order valence-corrected chi connectivity index (χ2v) is 11.8. The molecule has 0 unspecified atom stereocenters. The highest BCUT2D eigenvalue weighted by atomic mass is 35.5. The van der Waals surface area contributed by atoms with E-state index in [2.05, 4.69) is 5.32 Å². The summed E-state index contributed by atoms with van der Waals surface area (Å²) in [7, 11) is -4.10. The van der Waals surface area contributed by atoms with E-state index in [1.807, 2.05) is 39.8 Å². The monoisotopic (exact) mass is 569 g/mol. The third kappa shape index (κ3) is 7.61. The van der Waals surface area contributed by atoms with Crippen LogP contribution in [0.15, 0.2) is 83.8 Å². The van der Waals surface area contributed by atoms with Gasteiger partial charge in [-0.05, 0) is 68.1 Å². The average Bonchev–Trinajstić information content (AvgIpc) is 2.92. The lowest BCUT2D eigenvalue weighted by molar-refractivity contribution is -0.140. The number of hydrogen-bond acceptors (Lipinski definition) is 4. The van der Waals surface area contributed by atoms with Gasteiger partial charge in [-0.15, -0.1) is 0 Å². The minimum Gasteiger partial charge on any atom is -0.352 e. The Labute approximate surface area is 236 Å². The van der Waals surface area contributed by atoms with Gasteiger partial charge in [-0.2, -0.15) is 0 Å². The predicted molar refractivity (Wildman–Crippen MR) is 156 cm³/mol. The normalized spacial score (nSPS) is 12.8. The molecule has 0 aliphatic carbocycles. The van der Waals surface area contributed by atoms with Gasteiger partial charge in [0.15, 0.2) is 0 Å². The lowest BCUT2D eigenvalue weighted by atomic mass is 10.1. The fourth-order valence-electron chi connectivity index (χ4n) is 4.20. The largest absolute Gasteiger partial charge is 0.352 e. The third-order valence-corrected chi connectivity index (χ3v) is 8.74. The number of hydrogen-bond donors (Lipinski definition) is 1. The Morgan fingerprint density at radius 2 is 1.59 bits per heavy atom. The van der Waals surface area contributed by atoms with Gasteiger partial charge >= 0.3 is 0 Å². The fraction of sp³-hybridized carbons (Fsp3) is 0.333. The second-order valence-electron chi connectivity index (χ2n) is 9.52. The number of aryl methyl sites for hydroxylation is 1. The van der Waals surface area contributed by atoms with Crippen LogP contribution in [-0.4, -0.2) is 43.8 Å². The van der Waals surface area contributed by atoms with E-state index in [0.717, 1.165) is 16.3 Å². The van der Waals surface area contributed by atoms with Crippen molar-refractivity contribution in [2.24, 2.45) is 0 Å². The summed E-state index contributed by atoms with van der Waals surface area (Å²) in [6, 6.07) is 21.2. The zero-order chi connectivity index (χ0) is 28.6. The summed E-state index contributed by atoms with van der Waals surface area (Å²) in [6.45, 7) is 7.11. The van der Waals surface area contributed by atoms with E-state index in [4.69, 9.17) is 11.6 Å². The highest BCUT2D eigenvalue weighted by Crippen LogP contribution is 2.26. The number of rotatable bonds is 12. The summed E-state index contributed by atoms with van der Waals surface area (Å²) >= 11 is 6.43. The van der Waals surface area contributed by atoms with Crippen molar-refractivity contribution in [2.45, 2.75) is 64.1 Å². The molecule has 0 bridgehead atoms. The second kappa shape index (κ2) is 13.6. The van der Waals surface area contributed by atoms with Crippen LogP contribution >= 0.6 is 11.6 Å². The van der Waals surface area contributed by atoms with Crippen molar-refractivity contribution in [1.82, 2.24) is 10.2 Å². The van der Waals surface area contributed by atoms with Crippen LogP contribution in [0, 0.1) is 6.92 Å². The van der Waals surface area contributed by atoms with E-state index in [1.54, 1.807) is 54.6 Å². The van der Waals surface area contributed by atoms with Crippen molar-refractivity contribution < 1.29 is 18.0 Å². The highest BCUT2D eigenvalue weighted by Gasteiger charge is 2.34. The lowest BCUT2D eigenvalue weighted by Gasteiger charge is -2.34. The quantitative estimate of drug-likeness (QED) is 0.309. The molecule has 39 heavy (non-hydrogen) atoms. The van der Waals surface area contributed by atoms with E-state index < -0.39 is 28.5 Å². The number of amides is 2. The molecule has 0 radical (unpaired) electrons. The summed E-state index contributed by atoms with van der Waals surface area (Å²) in [4.78, 5) is 28.9. The van der Waals surface area contributed by atoms with Crippen LogP contribution in [0.5, 0.6) is 0 Å². The van der Waals surface area contributed by atoms with Crippen molar-refractivity contribution in [3.8, 4) is 0 Å². The van der Waals surface area contributed by atoms with Crippen molar-refractivity contribution >= 4 is 39.1 Å². The summed E-state index contributed by atoms with van der Waals surface area (Å²) < 4.78 is 28.8. The number of sulfonamides is 1. The maximum atomic E-state index is 14.1. The predicted octanol–water partition coefficient (Wildman–Crippen LogP) is 5.57. The minimum atomic E-state index is -4.10. The molecule has 3 rings (SSSR count). The maximum absolute atomic E-state index is 14.1. The first-order valence-electron chi connectivity index (χ1n) is 13.1. The molecule has 9 heteroatoms. The Balaban J connectivity index is 2.06. The highest BCUT2D eigenvalue weighted by molar-refractivity contribution is 7.92. The Morgan fingerprint density at radius 1 is 0.923 bits per heavy atom. The van der Waals surface area contributed by atoms with Crippen molar-refractivity contribution in [2.75, 3.05) is 10.8 Å². The number of carbonyl (C=O) groups excluding carboxylic acids is 2. The Hall–Kier alpha value is -3.36. The Bertz CT molecular complexity index is 1380. The maximum Gasteiger partial charge on any atom is 0.264 e. The first-order valence-corrected chi connectivity index (χ1v) is 14.9. The molecular formula is C30H36ClN3O4S. The molecule has 2 amide bonds. The van der Waals surface area contributed by atoms with Crippen LogP contribution in [-0.2, 0) is 26.2 Å². The van der Waals surface area contributed by atoms with E-state index >= 15 is 0 Å². The standard InChI is InChI=1S/C30H36ClN3O4S/c1-5-23(4)32-30(36)28(6-2)33(20-24-14-10-11-18-27(24)31)29(35)21-34(25-15-12-13-22(3)19-25)39(37,38)26-16-8-7-9-17-26/h7-19,23,28H,5-6,20-21H2,1-4H3,(H,32,36)/t23-,28-/m1/s1. The van der Waals surface area contributed by atoms with Gasteiger partial charge in [0.1, 0.15) is 12.6 Å². The van der Waals surface area contributed by atoms with Crippen molar-refractivity contribution in [3.63, 3.8) is 0 Å². The number of nitrogens with zero attached hydrogens (tertiary/aromatic N) is 2. The zero-order valence-electron chi connectivity index (χ0n) is 22.8. The number of nitrogens with one attached hydrogen (secondary N) is 1. The molecule has 7 nitrogen and oxygen atoms in total. The molecule has 3 aromatic carbocycles. The molecule has 0 fully saturated rings. The molecular weight excluding hydrogens is 534 g/mol. The molecule has 0 heterocycles. The van der Waals surface area contributed by atoms with E-state index in [-0.39, 0.29) is 23.4 Å². The number of anilines is 1. The van der Waals surface area contributed by atoms with Crippen LogP contribution in [0.2, 0.25) is 5.02 Å². The van der Waals surface area contributed by atoms with Crippen molar-refractivity contribution in [3.05, 3.63) is 95.0 Å². The molecule has 3 aromatic rings.